The number of hydrogen-bond donors (Lipinski definition) is 3. The highest BCUT2D eigenvalue weighted by atomic mass is 16.5. The van der Waals surface area contributed by atoms with Crippen LogP contribution in [0, 0.1) is 0 Å². The minimum atomic E-state index is 0.278. The fraction of sp³-hybridized carbons (Fsp3) is 0.158. The van der Waals surface area contributed by atoms with Gasteiger partial charge in [0, 0.05) is 22.1 Å². The Morgan fingerprint density at radius 3 is 1.87 bits per heavy atom. The van der Waals surface area contributed by atoms with Gasteiger partial charge in [-0.25, -0.2) is 0 Å². The Balaban J connectivity index is 0.000000215. The molecule has 0 radical (unpaired) electrons. The normalized spacial score (nSPS) is 9.17. The highest BCUT2D eigenvalue weighted by Crippen LogP contribution is 2.28. The molecular weight excluding hydrogens is 288 g/mol. The topological polar surface area (TPSA) is 81.5 Å². The molecule has 5 N–H and O–H groups in total. The van der Waals surface area contributed by atoms with Gasteiger partial charge in [-0.15, -0.1) is 0 Å². The van der Waals surface area contributed by atoms with Gasteiger partial charge in [-0.3, -0.25) is 0 Å². The number of nitrogens with two attached hydrogens (primary N) is 2. The van der Waals surface area contributed by atoms with E-state index in [1.807, 2.05) is 50.2 Å². The second-order valence-corrected chi connectivity index (χ2v) is 4.49. The largest absolute Gasteiger partial charge is 0.507 e. The molecule has 0 amide bonds. The number of phenolic OH excluding ortho intramolecular Hbond substituents is 1. The average molecular weight is 312 g/mol. The maximum atomic E-state index is 9.44. The summed E-state index contributed by atoms with van der Waals surface area (Å²) in [6.45, 7) is 4.00. The van der Waals surface area contributed by atoms with Gasteiger partial charge in [0.25, 0.3) is 0 Å². The van der Waals surface area contributed by atoms with Gasteiger partial charge < -0.3 is 21.3 Å². The molecule has 4 nitrogen and oxygen atoms in total. The Kier molecular flexibility index (Phi) is 7.27. The Morgan fingerprint density at radius 2 is 1.35 bits per heavy atom. The van der Waals surface area contributed by atoms with Crippen molar-refractivity contribution in [3.05, 3.63) is 60.7 Å². The molecular formula is C19H24N2O2. The molecule has 3 aromatic carbocycles. The first kappa shape index (κ1) is 18.2. The van der Waals surface area contributed by atoms with E-state index in [0.29, 0.717) is 5.69 Å². The lowest BCUT2D eigenvalue weighted by molar-refractivity contribution is 0.415. The first-order chi connectivity index (χ1) is 11.1. The third kappa shape index (κ3) is 5.11. The van der Waals surface area contributed by atoms with Crippen LogP contribution >= 0.6 is 0 Å². The van der Waals surface area contributed by atoms with Crippen molar-refractivity contribution in [2.24, 2.45) is 0 Å². The predicted molar refractivity (Wildman–Crippen MR) is 98.8 cm³/mol. The Morgan fingerprint density at radius 1 is 0.783 bits per heavy atom. The number of ether oxygens (including phenoxy) is 1. The van der Waals surface area contributed by atoms with Crippen molar-refractivity contribution >= 4 is 22.1 Å². The Bertz CT molecular complexity index is 685. The molecule has 3 rings (SSSR count). The molecule has 0 unspecified atom stereocenters. The summed E-state index contributed by atoms with van der Waals surface area (Å²) < 4.78 is 4.91. The number of aromatic hydroxyl groups is 1. The standard InChI is InChI=1S/C10H9NO.C7H9NO.C2H6/c11-9-5-6-10(12)8-4-2-1-3-7(8)9;1-9-7-4-2-6(8)3-5-7;1-2/h1-6,12H,11H2;2-5H,8H2,1H3;1-2H3. The second-order valence-electron chi connectivity index (χ2n) is 4.49. The third-order valence-corrected chi connectivity index (χ3v) is 3.05. The number of benzene rings is 3. The summed E-state index contributed by atoms with van der Waals surface area (Å²) in [5.41, 5.74) is 12.6. The molecule has 0 aliphatic heterocycles. The minimum Gasteiger partial charge on any atom is -0.507 e. The lowest BCUT2D eigenvalue weighted by atomic mass is 10.1. The fourth-order valence-corrected chi connectivity index (χ4v) is 1.91. The van der Waals surface area contributed by atoms with Gasteiger partial charge in [-0.05, 0) is 36.4 Å². The van der Waals surface area contributed by atoms with E-state index in [-0.39, 0.29) is 5.75 Å². The van der Waals surface area contributed by atoms with Crippen LogP contribution in [0.3, 0.4) is 0 Å². The molecule has 0 aromatic heterocycles. The quantitative estimate of drug-likeness (QED) is 0.458. The molecule has 0 saturated heterocycles. The van der Waals surface area contributed by atoms with E-state index in [1.54, 1.807) is 31.4 Å². The number of methoxy groups -OCH3 is 1. The van der Waals surface area contributed by atoms with E-state index in [0.717, 1.165) is 22.2 Å². The fourth-order valence-electron chi connectivity index (χ4n) is 1.91. The molecule has 4 heteroatoms. The van der Waals surface area contributed by atoms with Crippen molar-refractivity contribution in [3.63, 3.8) is 0 Å². The number of rotatable bonds is 1. The summed E-state index contributed by atoms with van der Waals surface area (Å²) in [5, 5.41) is 11.1. The smallest absolute Gasteiger partial charge is 0.123 e. The molecule has 0 saturated carbocycles. The number of anilines is 2. The summed E-state index contributed by atoms with van der Waals surface area (Å²) in [5.74, 6) is 1.11. The van der Waals surface area contributed by atoms with E-state index >= 15 is 0 Å². The van der Waals surface area contributed by atoms with Crippen LogP contribution in [0.15, 0.2) is 60.7 Å². The van der Waals surface area contributed by atoms with Crippen LogP contribution in [0.5, 0.6) is 11.5 Å². The SMILES string of the molecule is CC.COc1ccc(N)cc1.Nc1ccc(O)c2ccccc12. The molecule has 0 atom stereocenters. The highest BCUT2D eigenvalue weighted by molar-refractivity contribution is 5.96. The first-order valence-electron chi connectivity index (χ1n) is 7.47. The Hall–Kier alpha value is -2.88. The maximum absolute atomic E-state index is 9.44. The molecule has 0 spiro atoms. The predicted octanol–water partition coefficient (Wildman–Crippen LogP) is 4.43. The van der Waals surface area contributed by atoms with Crippen LogP contribution in [0.1, 0.15) is 13.8 Å². The zero-order chi connectivity index (χ0) is 17.2. The lowest BCUT2D eigenvalue weighted by Crippen LogP contribution is -1.85. The molecule has 23 heavy (non-hydrogen) atoms. The summed E-state index contributed by atoms with van der Waals surface area (Å²) in [6, 6.07) is 18.1. The first-order valence-corrected chi connectivity index (χ1v) is 7.47. The molecule has 0 bridgehead atoms. The zero-order valence-corrected chi connectivity index (χ0v) is 13.8. The zero-order valence-electron chi connectivity index (χ0n) is 13.8. The van der Waals surface area contributed by atoms with Crippen LogP contribution < -0.4 is 16.2 Å². The molecule has 0 fully saturated rings. The van der Waals surface area contributed by atoms with E-state index in [4.69, 9.17) is 16.2 Å². The van der Waals surface area contributed by atoms with Crippen LogP contribution in [-0.4, -0.2) is 12.2 Å². The molecule has 0 aliphatic carbocycles. The van der Waals surface area contributed by atoms with Crippen molar-refractivity contribution in [1.82, 2.24) is 0 Å². The third-order valence-electron chi connectivity index (χ3n) is 3.05. The van der Waals surface area contributed by atoms with Gasteiger partial charge in [-0.1, -0.05) is 38.1 Å². The van der Waals surface area contributed by atoms with Crippen LogP contribution in [0.2, 0.25) is 0 Å². The van der Waals surface area contributed by atoms with E-state index < -0.39 is 0 Å². The van der Waals surface area contributed by atoms with Crippen LogP contribution in [0.4, 0.5) is 11.4 Å². The minimum absolute atomic E-state index is 0.278. The van der Waals surface area contributed by atoms with E-state index in [9.17, 15) is 5.11 Å². The summed E-state index contributed by atoms with van der Waals surface area (Å²) in [7, 11) is 1.63. The van der Waals surface area contributed by atoms with Gasteiger partial charge >= 0.3 is 0 Å². The highest BCUT2D eigenvalue weighted by Gasteiger charge is 2.00. The average Bonchev–Trinajstić information content (AvgIpc) is 2.61. The monoisotopic (exact) mass is 312 g/mol. The van der Waals surface area contributed by atoms with Crippen molar-refractivity contribution in [2.45, 2.75) is 13.8 Å². The van der Waals surface area contributed by atoms with E-state index in [1.165, 1.54) is 0 Å². The summed E-state index contributed by atoms with van der Waals surface area (Å²) >= 11 is 0. The number of nitrogen functional groups attached to an aromatic ring is 2. The lowest BCUT2D eigenvalue weighted by Gasteiger charge is -2.02. The maximum Gasteiger partial charge on any atom is 0.123 e. The molecule has 3 aromatic rings. The van der Waals surface area contributed by atoms with Crippen LogP contribution in [-0.2, 0) is 0 Å². The van der Waals surface area contributed by atoms with Gasteiger partial charge in [0.2, 0.25) is 0 Å². The number of hydrogen-bond acceptors (Lipinski definition) is 4. The van der Waals surface area contributed by atoms with Gasteiger partial charge in [-0.2, -0.15) is 0 Å². The van der Waals surface area contributed by atoms with Crippen LogP contribution in [0.25, 0.3) is 10.8 Å². The molecule has 0 heterocycles. The van der Waals surface area contributed by atoms with Gasteiger partial charge in [0.1, 0.15) is 11.5 Å². The number of fused-ring (bicyclic) bond motifs is 1. The summed E-state index contributed by atoms with van der Waals surface area (Å²) in [4.78, 5) is 0. The Labute approximate surface area is 137 Å². The summed E-state index contributed by atoms with van der Waals surface area (Å²) in [6.07, 6.45) is 0. The van der Waals surface area contributed by atoms with Gasteiger partial charge in [0.05, 0.1) is 7.11 Å². The second kappa shape index (κ2) is 9.20. The molecule has 0 aliphatic rings. The number of phenols is 1. The van der Waals surface area contributed by atoms with Crippen molar-refractivity contribution in [2.75, 3.05) is 18.6 Å². The molecule has 122 valence electrons. The van der Waals surface area contributed by atoms with Crippen molar-refractivity contribution in [1.29, 1.82) is 0 Å². The van der Waals surface area contributed by atoms with Crippen molar-refractivity contribution < 1.29 is 9.84 Å². The van der Waals surface area contributed by atoms with E-state index in [2.05, 4.69) is 0 Å². The van der Waals surface area contributed by atoms with Gasteiger partial charge in [0.15, 0.2) is 0 Å². The van der Waals surface area contributed by atoms with Crippen molar-refractivity contribution in [3.8, 4) is 11.5 Å².